The summed E-state index contributed by atoms with van der Waals surface area (Å²) in [5, 5.41) is 18.7. The standard InChI is InChI=1S/C23H44O5/c1-3-4-5-6-7-8-9-10-11-12-13-14-15-16-17-21(24)18-19-22(28-26)20-23(25)27-2/h18-19,21-22,24,26H,3-17,20H2,1-2H3/b19-18+/t21-,22+/m1/s1. The van der Waals surface area contributed by atoms with Crippen LogP contribution in [0.25, 0.3) is 0 Å². The summed E-state index contributed by atoms with van der Waals surface area (Å²) in [6, 6.07) is 0. The second-order valence-corrected chi connectivity index (χ2v) is 7.76. The molecule has 0 aliphatic rings. The van der Waals surface area contributed by atoms with Crippen molar-refractivity contribution in [3.05, 3.63) is 12.2 Å². The van der Waals surface area contributed by atoms with Crippen molar-refractivity contribution in [2.45, 2.75) is 122 Å². The number of methoxy groups -OCH3 is 1. The van der Waals surface area contributed by atoms with E-state index < -0.39 is 18.2 Å². The van der Waals surface area contributed by atoms with Gasteiger partial charge in [0, 0.05) is 0 Å². The minimum atomic E-state index is -0.779. The molecule has 28 heavy (non-hydrogen) atoms. The molecule has 0 aromatic rings. The van der Waals surface area contributed by atoms with Crippen LogP contribution in [0.1, 0.15) is 110 Å². The lowest BCUT2D eigenvalue weighted by atomic mass is 10.0. The van der Waals surface area contributed by atoms with E-state index in [2.05, 4.69) is 16.5 Å². The van der Waals surface area contributed by atoms with Crippen molar-refractivity contribution in [3.63, 3.8) is 0 Å². The van der Waals surface area contributed by atoms with Crippen molar-refractivity contribution < 1.29 is 24.8 Å². The van der Waals surface area contributed by atoms with Crippen molar-refractivity contribution in [1.82, 2.24) is 0 Å². The molecule has 0 spiro atoms. The van der Waals surface area contributed by atoms with E-state index in [1.54, 1.807) is 6.08 Å². The van der Waals surface area contributed by atoms with Crippen molar-refractivity contribution in [2.24, 2.45) is 0 Å². The van der Waals surface area contributed by atoms with Gasteiger partial charge in [0.1, 0.15) is 6.10 Å². The fraction of sp³-hybridized carbons (Fsp3) is 0.870. The number of hydrogen-bond donors (Lipinski definition) is 2. The van der Waals surface area contributed by atoms with E-state index >= 15 is 0 Å². The molecule has 2 N–H and O–H groups in total. The Bertz CT molecular complexity index is 370. The summed E-state index contributed by atoms with van der Waals surface area (Å²) in [6.45, 7) is 2.26. The van der Waals surface area contributed by atoms with Crippen LogP contribution in [0, 0.1) is 0 Å². The van der Waals surface area contributed by atoms with Gasteiger partial charge < -0.3 is 9.84 Å². The lowest BCUT2D eigenvalue weighted by molar-refractivity contribution is -0.267. The van der Waals surface area contributed by atoms with Crippen LogP contribution < -0.4 is 0 Å². The van der Waals surface area contributed by atoms with Crippen LogP contribution in [0.3, 0.4) is 0 Å². The molecule has 5 heteroatoms. The highest BCUT2D eigenvalue weighted by molar-refractivity contribution is 5.70. The molecule has 0 fully saturated rings. The van der Waals surface area contributed by atoms with E-state index in [9.17, 15) is 9.90 Å². The lowest BCUT2D eigenvalue weighted by Gasteiger charge is -2.09. The molecule has 2 atom stereocenters. The van der Waals surface area contributed by atoms with Crippen molar-refractivity contribution in [3.8, 4) is 0 Å². The van der Waals surface area contributed by atoms with Gasteiger partial charge in [-0.15, -0.1) is 0 Å². The Labute approximate surface area is 172 Å². The molecule has 0 aliphatic heterocycles. The fourth-order valence-corrected chi connectivity index (χ4v) is 3.28. The van der Waals surface area contributed by atoms with Crippen LogP contribution in [-0.2, 0) is 14.4 Å². The van der Waals surface area contributed by atoms with Crippen LogP contribution in [0.2, 0.25) is 0 Å². The number of aliphatic hydroxyl groups is 1. The number of esters is 1. The summed E-state index contributed by atoms with van der Waals surface area (Å²) >= 11 is 0. The monoisotopic (exact) mass is 400 g/mol. The van der Waals surface area contributed by atoms with Crippen LogP contribution in [0.5, 0.6) is 0 Å². The van der Waals surface area contributed by atoms with Crippen LogP contribution >= 0.6 is 0 Å². The Morgan fingerprint density at radius 2 is 1.29 bits per heavy atom. The number of hydrogen-bond acceptors (Lipinski definition) is 5. The van der Waals surface area contributed by atoms with E-state index in [-0.39, 0.29) is 6.42 Å². The highest BCUT2D eigenvalue weighted by Gasteiger charge is 2.12. The van der Waals surface area contributed by atoms with Gasteiger partial charge >= 0.3 is 5.97 Å². The van der Waals surface area contributed by atoms with Gasteiger partial charge in [-0.3, -0.25) is 10.1 Å². The molecule has 0 unspecified atom stereocenters. The molecular formula is C23H44O5. The molecule has 0 amide bonds. The maximum atomic E-state index is 11.1. The van der Waals surface area contributed by atoms with E-state index in [0.717, 1.165) is 12.8 Å². The number of unbranched alkanes of at least 4 members (excludes halogenated alkanes) is 13. The smallest absolute Gasteiger partial charge is 0.308 e. The molecule has 0 aromatic carbocycles. The SMILES string of the molecule is CCCCCCCCCCCCCCCC[C@@H](O)/C=C/[C@@H](CC(=O)OC)OO. The predicted molar refractivity (Wildman–Crippen MR) is 114 cm³/mol. The van der Waals surface area contributed by atoms with Gasteiger partial charge in [-0.05, 0) is 6.42 Å². The zero-order valence-corrected chi connectivity index (χ0v) is 18.2. The number of carbonyl (C=O) groups is 1. The van der Waals surface area contributed by atoms with Gasteiger partial charge in [0.15, 0.2) is 0 Å². The largest absolute Gasteiger partial charge is 0.469 e. The lowest BCUT2D eigenvalue weighted by Crippen LogP contribution is -2.16. The Hall–Kier alpha value is -0.910. The Morgan fingerprint density at radius 3 is 1.71 bits per heavy atom. The van der Waals surface area contributed by atoms with Crippen molar-refractivity contribution >= 4 is 5.97 Å². The first-order valence-electron chi connectivity index (χ1n) is 11.4. The first-order valence-corrected chi connectivity index (χ1v) is 11.4. The van der Waals surface area contributed by atoms with Gasteiger partial charge in [0.2, 0.25) is 0 Å². The third kappa shape index (κ3) is 18.5. The predicted octanol–water partition coefficient (Wildman–Crippen LogP) is 6.20. The number of carbonyl (C=O) groups excluding carboxylic acids is 1. The third-order valence-electron chi connectivity index (χ3n) is 5.13. The maximum absolute atomic E-state index is 11.1. The molecular weight excluding hydrogens is 356 g/mol. The van der Waals surface area contributed by atoms with Crippen molar-refractivity contribution in [1.29, 1.82) is 0 Å². The molecule has 0 aromatic heterocycles. The zero-order chi connectivity index (χ0) is 20.9. The normalized spacial score (nSPS) is 13.7. The average Bonchev–Trinajstić information content (AvgIpc) is 2.71. The summed E-state index contributed by atoms with van der Waals surface area (Å²) in [7, 11) is 1.28. The molecule has 0 aliphatic carbocycles. The Morgan fingerprint density at radius 1 is 0.821 bits per heavy atom. The second-order valence-electron chi connectivity index (χ2n) is 7.76. The van der Waals surface area contributed by atoms with Gasteiger partial charge in [-0.25, -0.2) is 4.89 Å². The quantitative estimate of drug-likeness (QED) is 0.0837. The van der Waals surface area contributed by atoms with E-state index in [1.807, 2.05) is 0 Å². The highest BCUT2D eigenvalue weighted by atomic mass is 17.1. The van der Waals surface area contributed by atoms with Gasteiger partial charge in [-0.1, -0.05) is 109 Å². The second kappa shape index (κ2) is 20.8. The average molecular weight is 401 g/mol. The minimum Gasteiger partial charge on any atom is -0.469 e. The van der Waals surface area contributed by atoms with Crippen LogP contribution in [0.15, 0.2) is 12.2 Å². The summed E-state index contributed by atoms with van der Waals surface area (Å²) in [5.41, 5.74) is 0. The van der Waals surface area contributed by atoms with E-state index in [0.29, 0.717) is 6.42 Å². The first-order chi connectivity index (χ1) is 13.6. The molecule has 0 bridgehead atoms. The molecule has 0 saturated carbocycles. The number of rotatable bonds is 20. The molecule has 0 saturated heterocycles. The number of ether oxygens (including phenoxy) is 1. The van der Waals surface area contributed by atoms with Crippen molar-refractivity contribution in [2.75, 3.05) is 7.11 Å². The first kappa shape index (κ1) is 27.1. The molecule has 166 valence electrons. The summed E-state index contributed by atoms with van der Waals surface area (Å²) in [6.07, 6.45) is 20.7. The molecule has 0 rings (SSSR count). The maximum Gasteiger partial charge on any atom is 0.308 e. The highest BCUT2D eigenvalue weighted by Crippen LogP contribution is 2.14. The summed E-state index contributed by atoms with van der Waals surface area (Å²) < 4.78 is 4.52. The molecule has 0 radical (unpaired) electrons. The zero-order valence-electron chi connectivity index (χ0n) is 18.2. The molecule has 5 nitrogen and oxygen atoms in total. The number of aliphatic hydroxyl groups excluding tert-OH is 1. The van der Waals surface area contributed by atoms with E-state index in [4.69, 9.17) is 5.26 Å². The summed E-state index contributed by atoms with van der Waals surface area (Å²) in [5.74, 6) is -0.467. The Balaban J connectivity index is 3.45. The molecule has 0 heterocycles. The van der Waals surface area contributed by atoms with Gasteiger partial charge in [0.05, 0.1) is 19.6 Å². The van der Waals surface area contributed by atoms with Crippen LogP contribution in [-0.4, -0.2) is 35.7 Å². The fourth-order valence-electron chi connectivity index (χ4n) is 3.28. The third-order valence-corrected chi connectivity index (χ3v) is 5.13. The van der Waals surface area contributed by atoms with E-state index in [1.165, 1.54) is 90.2 Å². The minimum absolute atomic E-state index is 0.0743. The van der Waals surface area contributed by atoms with Gasteiger partial charge in [0.25, 0.3) is 0 Å². The summed E-state index contributed by atoms with van der Waals surface area (Å²) in [4.78, 5) is 15.3. The van der Waals surface area contributed by atoms with Gasteiger partial charge in [-0.2, -0.15) is 0 Å². The topological polar surface area (TPSA) is 76.0 Å². The Kier molecular flexibility index (Phi) is 20.1. The van der Waals surface area contributed by atoms with Crippen LogP contribution in [0.4, 0.5) is 0 Å².